The summed E-state index contributed by atoms with van der Waals surface area (Å²) in [5.74, 6) is 1.92. The molecule has 0 bridgehead atoms. The number of aryl methyl sites for hydroxylation is 3. The number of aliphatic hydroxyl groups is 1. The lowest BCUT2D eigenvalue weighted by Gasteiger charge is -2.35. The number of carbonyl (C=O) groups excluding carboxylic acids is 1. The van der Waals surface area contributed by atoms with Crippen LogP contribution in [0.5, 0.6) is 0 Å². The lowest BCUT2D eigenvalue weighted by Crippen LogP contribution is -2.47. The van der Waals surface area contributed by atoms with Crippen molar-refractivity contribution in [3.63, 3.8) is 0 Å². The Balaban J connectivity index is 1.43. The van der Waals surface area contributed by atoms with Crippen LogP contribution in [-0.4, -0.2) is 75.2 Å². The predicted molar refractivity (Wildman–Crippen MR) is 130 cm³/mol. The summed E-state index contributed by atoms with van der Waals surface area (Å²) in [6.45, 7) is 9.97. The van der Waals surface area contributed by atoms with E-state index >= 15 is 0 Å². The van der Waals surface area contributed by atoms with Crippen LogP contribution in [0.4, 0.5) is 22.5 Å². The summed E-state index contributed by atoms with van der Waals surface area (Å²) in [4.78, 5) is 35.3. The van der Waals surface area contributed by atoms with E-state index in [0.717, 1.165) is 48.9 Å². The highest BCUT2D eigenvalue weighted by atomic mass is 32.1. The Labute approximate surface area is 196 Å². The van der Waals surface area contributed by atoms with Crippen molar-refractivity contribution in [3.8, 4) is 0 Å². The highest BCUT2D eigenvalue weighted by Crippen LogP contribution is 2.26. The van der Waals surface area contributed by atoms with Crippen molar-refractivity contribution in [1.82, 2.24) is 24.8 Å². The zero-order valence-corrected chi connectivity index (χ0v) is 19.8. The van der Waals surface area contributed by atoms with Crippen LogP contribution in [-0.2, 0) is 0 Å². The van der Waals surface area contributed by atoms with E-state index in [1.165, 1.54) is 11.3 Å². The summed E-state index contributed by atoms with van der Waals surface area (Å²) in [7, 11) is 0. The highest BCUT2D eigenvalue weighted by Gasteiger charge is 2.19. The van der Waals surface area contributed by atoms with Crippen LogP contribution in [0.15, 0.2) is 24.5 Å². The van der Waals surface area contributed by atoms with E-state index in [0.29, 0.717) is 28.2 Å². The van der Waals surface area contributed by atoms with Gasteiger partial charge in [-0.25, -0.2) is 15.0 Å². The van der Waals surface area contributed by atoms with Gasteiger partial charge >= 0.3 is 0 Å². The first-order chi connectivity index (χ1) is 15.9. The van der Waals surface area contributed by atoms with Crippen molar-refractivity contribution >= 4 is 39.7 Å². The average Bonchev–Trinajstić information content (AvgIpc) is 3.25. The van der Waals surface area contributed by atoms with Gasteiger partial charge in [-0.15, -0.1) is 0 Å². The number of anilines is 4. The molecule has 1 aliphatic rings. The third-order valence-corrected chi connectivity index (χ3v) is 6.40. The maximum Gasteiger partial charge on any atom is 0.267 e. The summed E-state index contributed by atoms with van der Waals surface area (Å²) >= 11 is 1.26. The fraction of sp³-hybridized carbons (Fsp3) is 0.409. The molecule has 11 heteroatoms. The first-order valence-corrected chi connectivity index (χ1v) is 11.6. The summed E-state index contributed by atoms with van der Waals surface area (Å²) in [5.41, 5.74) is 2.45. The van der Waals surface area contributed by atoms with E-state index in [1.54, 1.807) is 12.4 Å². The van der Waals surface area contributed by atoms with E-state index in [1.807, 2.05) is 32.9 Å². The monoisotopic (exact) mass is 468 g/mol. The van der Waals surface area contributed by atoms with Gasteiger partial charge in [-0.05, 0) is 32.4 Å². The van der Waals surface area contributed by atoms with E-state index < -0.39 is 0 Å². The van der Waals surface area contributed by atoms with Crippen LogP contribution in [0.25, 0.3) is 0 Å². The Morgan fingerprint density at radius 2 is 1.94 bits per heavy atom. The largest absolute Gasteiger partial charge is 0.395 e. The highest BCUT2D eigenvalue weighted by molar-refractivity contribution is 7.17. The minimum atomic E-state index is -0.222. The van der Waals surface area contributed by atoms with E-state index in [2.05, 4.69) is 40.4 Å². The van der Waals surface area contributed by atoms with E-state index in [-0.39, 0.29) is 12.5 Å². The topological polar surface area (TPSA) is 119 Å². The van der Waals surface area contributed by atoms with Gasteiger partial charge in [0.2, 0.25) is 0 Å². The molecule has 1 saturated heterocycles. The molecule has 3 aromatic rings. The maximum absolute atomic E-state index is 12.7. The number of hydrogen-bond donors (Lipinski definition) is 3. The molecule has 4 rings (SSSR count). The Morgan fingerprint density at radius 3 is 2.67 bits per heavy atom. The second kappa shape index (κ2) is 10.2. The molecule has 10 nitrogen and oxygen atoms in total. The molecular weight excluding hydrogens is 440 g/mol. The molecule has 0 spiro atoms. The number of β-amino-alcohol motifs (C(OH)–C–C–N with tert-alkyl or cyclic N) is 1. The molecule has 0 radical (unpaired) electrons. The first kappa shape index (κ1) is 23.0. The van der Waals surface area contributed by atoms with Crippen molar-refractivity contribution in [2.45, 2.75) is 20.8 Å². The number of thiazole rings is 1. The fourth-order valence-corrected chi connectivity index (χ4v) is 4.44. The molecule has 1 aliphatic heterocycles. The maximum atomic E-state index is 12.7. The number of amides is 1. The molecule has 1 amide bonds. The van der Waals surface area contributed by atoms with Gasteiger partial charge in [-0.3, -0.25) is 14.7 Å². The quantitative estimate of drug-likeness (QED) is 0.480. The Hall–Kier alpha value is -3.15. The van der Waals surface area contributed by atoms with Crippen molar-refractivity contribution < 1.29 is 9.90 Å². The number of rotatable bonds is 7. The smallest absolute Gasteiger partial charge is 0.267 e. The molecule has 0 aliphatic carbocycles. The van der Waals surface area contributed by atoms with Crippen molar-refractivity contribution in [2.75, 3.05) is 54.9 Å². The molecule has 0 aromatic carbocycles. The number of nitrogens with one attached hydrogen (secondary N) is 2. The molecule has 4 heterocycles. The van der Waals surface area contributed by atoms with Crippen molar-refractivity contribution in [3.05, 3.63) is 46.5 Å². The second-order valence-electron chi connectivity index (χ2n) is 7.91. The number of pyridine rings is 1. The van der Waals surface area contributed by atoms with Gasteiger partial charge in [-0.1, -0.05) is 11.3 Å². The Bertz CT molecular complexity index is 1110. The summed E-state index contributed by atoms with van der Waals surface area (Å²) in [5, 5.41) is 15.9. The standard InChI is InChI=1S/C22H28N8O2S/c1-14-4-5-23-15(2)20(14)28-21(32)17-13-24-22(33-17)27-18-12-19(26-16(3)25-18)30-8-6-29(7-9-30)10-11-31/h4-5,12-13,31H,6-11H2,1-3H3,(H,28,32)(H,24,25,26,27). The average molecular weight is 469 g/mol. The first-order valence-electron chi connectivity index (χ1n) is 10.8. The minimum absolute atomic E-state index is 0.177. The number of carbonyl (C=O) groups is 1. The number of hydrogen-bond acceptors (Lipinski definition) is 10. The Morgan fingerprint density at radius 1 is 1.15 bits per heavy atom. The molecule has 3 aromatic heterocycles. The predicted octanol–water partition coefficient (Wildman–Crippen LogP) is 2.36. The van der Waals surface area contributed by atoms with Gasteiger partial charge in [0.25, 0.3) is 5.91 Å². The molecule has 1 fully saturated rings. The Kier molecular flexibility index (Phi) is 7.11. The number of piperazine rings is 1. The molecule has 0 saturated carbocycles. The number of aliphatic hydroxyl groups excluding tert-OH is 1. The van der Waals surface area contributed by atoms with Crippen LogP contribution in [0.2, 0.25) is 0 Å². The van der Waals surface area contributed by atoms with Crippen LogP contribution in [0.1, 0.15) is 26.8 Å². The van der Waals surface area contributed by atoms with Crippen LogP contribution < -0.4 is 15.5 Å². The van der Waals surface area contributed by atoms with Gasteiger partial charge in [-0.2, -0.15) is 0 Å². The van der Waals surface area contributed by atoms with Gasteiger partial charge in [0.05, 0.1) is 24.2 Å². The molecular formula is C22H28N8O2S. The SMILES string of the molecule is Cc1nc(Nc2ncc(C(=O)Nc3c(C)ccnc3C)s2)cc(N2CCN(CCO)CC2)n1. The molecule has 0 unspecified atom stereocenters. The molecule has 33 heavy (non-hydrogen) atoms. The lowest BCUT2D eigenvalue weighted by atomic mass is 10.2. The van der Waals surface area contributed by atoms with Gasteiger partial charge < -0.3 is 20.6 Å². The number of nitrogens with zero attached hydrogens (tertiary/aromatic N) is 6. The van der Waals surface area contributed by atoms with Crippen LogP contribution in [0, 0.1) is 20.8 Å². The van der Waals surface area contributed by atoms with Crippen molar-refractivity contribution in [1.29, 1.82) is 0 Å². The lowest BCUT2D eigenvalue weighted by molar-refractivity contribution is 0.103. The minimum Gasteiger partial charge on any atom is -0.395 e. The molecule has 174 valence electrons. The van der Waals surface area contributed by atoms with E-state index in [4.69, 9.17) is 5.11 Å². The molecule has 0 atom stereocenters. The van der Waals surface area contributed by atoms with Crippen LogP contribution >= 0.6 is 11.3 Å². The van der Waals surface area contributed by atoms with Gasteiger partial charge in [0.1, 0.15) is 22.3 Å². The summed E-state index contributed by atoms with van der Waals surface area (Å²) in [6.07, 6.45) is 3.28. The van der Waals surface area contributed by atoms with Crippen molar-refractivity contribution in [2.24, 2.45) is 0 Å². The fourth-order valence-electron chi connectivity index (χ4n) is 3.72. The normalized spacial score (nSPS) is 14.4. The molecule has 3 N–H and O–H groups in total. The summed E-state index contributed by atoms with van der Waals surface area (Å²) < 4.78 is 0. The van der Waals surface area contributed by atoms with Gasteiger partial charge in [0, 0.05) is 45.0 Å². The third-order valence-electron chi connectivity index (χ3n) is 5.49. The zero-order valence-electron chi connectivity index (χ0n) is 19.0. The summed E-state index contributed by atoms with van der Waals surface area (Å²) in [6, 6.07) is 3.77. The number of aromatic nitrogens is 4. The van der Waals surface area contributed by atoms with E-state index in [9.17, 15) is 4.79 Å². The zero-order chi connectivity index (χ0) is 23.4. The third kappa shape index (κ3) is 5.62. The van der Waals surface area contributed by atoms with Crippen LogP contribution in [0.3, 0.4) is 0 Å². The second-order valence-corrected chi connectivity index (χ2v) is 8.94. The van der Waals surface area contributed by atoms with Gasteiger partial charge in [0.15, 0.2) is 5.13 Å².